The van der Waals surface area contributed by atoms with E-state index in [9.17, 15) is 0 Å². The highest BCUT2D eigenvalue weighted by atomic mass is 15.3. The van der Waals surface area contributed by atoms with E-state index in [1.54, 1.807) is 4.90 Å². The molecule has 6 heteroatoms. The molecule has 22 heavy (non-hydrogen) atoms. The van der Waals surface area contributed by atoms with Gasteiger partial charge in [0, 0.05) is 58.9 Å². The molecule has 5 aliphatic rings. The maximum absolute atomic E-state index is 3.22. The van der Waals surface area contributed by atoms with E-state index in [1.165, 1.54) is 65.4 Å². The van der Waals surface area contributed by atoms with Crippen molar-refractivity contribution in [3.63, 3.8) is 0 Å². The lowest BCUT2D eigenvalue weighted by Gasteiger charge is -2.38. The van der Waals surface area contributed by atoms with Gasteiger partial charge < -0.3 is 20.4 Å². The molecule has 0 aromatic heterocycles. The SMILES string of the molecule is C1CNCCN1.C1C[NH+]2CCN1CC2.CN1CC[NH+](C)CC1. The molecule has 2 bridgehead atoms. The van der Waals surface area contributed by atoms with Gasteiger partial charge in [-0.05, 0) is 7.05 Å². The first kappa shape index (κ1) is 18.1. The predicted octanol–water partition coefficient (Wildman–Crippen LogP) is -4.17. The smallest absolute Gasteiger partial charge is 0.0901 e. The van der Waals surface area contributed by atoms with Gasteiger partial charge in [0.15, 0.2) is 0 Å². The number of quaternary nitrogens is 2. The molecular formula is C16H38N6+2. The van der Waals surface area contributed by atoms with Crippen molar-refractivity contribution in [3.05, 3.63) is 0 Å². The zero-order valence-electron chi connectivity index (χ0n) is 14.8. The standard InChI is InChI=1S/C6H12N2.C6H14N2.C4H10N2/c1-2-8-5-3-7(1)4-6-8;1-7-3-5-8(2)6-4-7;1-2-6-4-3-5-1/h1-6H2;3-6H2,1-2H3;5-6H,1-4H2/p+2. The number of nitrogens with zero attached hydrogens (tertiary/aromatic N) is 2. The summed E-state index contributed by atoms with van der Waals surface area (Å²) in [4.78, 5) is 8.44. The number of hydrogen-bond acceptors (Lipinski definition) is 4. The monoisotopic (exact) mass is 314 g/mol. The number of fused-ring (bicyclic) bond motifs is 3. The van der Waals surface area contributed by atoms with Crippen LogP contribution in [0, 0.1) is 0 Å². The van der Waals surface area contributed by atoms with Gasteiger partial charge in [-0.2, -0.15) is 0 Å². The molecule has 0 spiro atoms. The van der Waals surface area contributed by atoms with Crippen molar-refractivity contribution in [2.45, 2.75) is 0 Å². The Bertz CT molecular complexity index is 223. The van der Waals surface area contributed by atoms with Crippen molar-refractivity contribution in [1.29, 1.82) is 0 Å². The lowest BCUT2D eigenvalue weighted by Crippen LogP contribution is -3.17. The molecule has 5 aliphatic heterocycles. The summed E-state index contributed by atoms with van der Waals surface area (Å²) in [5.74, 6) is 0. The number of piperazine rings is 5. The summed E-state index contributed by atoms with van der Waals surface area (Å²) in [6, 6.07) is 0. The van der Waals surface area contributed by atoms with Crippen molar-refractivity contribution >= 4 is 0 Å². The van der Waals surface area contributed by atoms with Gasteiger partial charge in [0.25, 0.3) is 0 Å². The van der Waals surface area contributed by atoms with Crippen molar-refractivity contribution in [1.82, 2.24) is 20.4 Å². The highest BCUT2D eigenvalue weighted by molar-refractivity contribution is 4.64. The minimum absolute atomic E-state index is 1.14. The maximum atomic E-state index is 3.22. The fourth-order valence-electron chi connectivity index (χ4n) is 3.26. The van der Waals surface area contributed by atoms with E-state index in [0.29, 0.717) is 0 Å². The Kier molecular flexibility index (Phi) is 8.66. The Balaban J connectivity index is 0.000000122. The number of rotatable bonds is 0. The van der Waals surface area contributed by atoms with Crippen LogP contribution >= 0.6 is 0 Å². The molecule has 0 atom stereocenters. The molecule has 130 valence electrons. The van der Waals surface area contributed by atoms with Crippen LogP contribution in [0.15, 0.2) is 0 Å². The third-order valence-electron chi connectivity index (χ3n) is 5.14. The molecule has 0 saturated carbocycles. The number of nitrogens with one attached hydrogen (secondary N) is 4. The number of likely N-dealkylation sites (N-methyl/N-ethyl adjacent to an activating group) is 2. The second-order valence-corrected chi connectivity index (χ2v) is 7.10. The second-order valence-electron chi connectivity index (χ2n) is 7.10. The largest absolute Gasteiger partial charge is 0.335 e. The molecule has 5 fully saturated rings. The van der Waals surface area contributed by atoms with Crippen LogP contribution in [0.3, 0.4) is 0 Å². The van der Waals surface area contributed by atoms with Crippen LogP contribution in [0.25, 0.3) is 0 Å². The molecule has 0 amide bonds. The maximum Gasteiger partial charge on any atom is 0.0901 e. The molecule has 0 aliphatic carbocycles. The average molecular weight is 315 g/mol. The fraction of sp³-hybridized carbons (Fsp3) is 1.00. The Labute approximate surface area is 136 Å². The molecule has 5 saturated heterocycles. The van der Waals surface area contributed by atoms with Crippen molar-refractivity contribution in [2.24, 2.45) is 0 Å². The van der Waals surface area contributed by atoms with E-state index in [2.05, 4.69) is 34.5 Å². The van der Waals surface area contributed by atoms with E-state index in [-0.39, 0.29) is 0 Å². The molecular weight excluding hydrogens is 276 g/mol. The van der Waals surface area contributed by atoms with Crippen LogP contribution in [0.5, 0.6) is 0 Å². The molecule has 6 nitrogen and oxygen atoms in total. The van der Waals surface area contributed by atoms with Gasteiger partial charge in [-0.25, -0.2) is 0 Å². The first-order valence-electron chi connectivity index (χ1n) is 9.21. The third-order valence-corrected chi connectivity index (χ3v) is 5.14. The van der Waals surface area contributed by atoms with Gasteiger partial charge in [0.2, 0.25) is 0 Å². The molecule has 0 radical (unpaired) electrons. The number of hydrogen-bond donors (Lipinski definition) is 4. The zero-order valence-corrected chi connectivity index (χ0v) is 14.8. The second kappa shape index (κ2) is 10.5. The van der Waals surface area contributed by atoms with Crippen LogP contribution in [0.4, 0.5) is 0 Å². The van der Waals surface area contributed by atoms with Gasteiger partial charge in [0.05, 0.1) is 39.8 Å². The summed E-state index contributed by atoms with van der Waals surface area (Å²) in [5.41, 5.74) is 0. The highest BCUT2D eigenvalue weighted by Gasteiger charge is 2.25. The zero-order chi connectivity index (χ0) is 15.6. The van der Waals surface area contributed by atoms with E-state index >= 15 is 0 Å². The quantitative estimate of drug-likeness (QED) is 0.366. The topological polar surface area (TPSA) is 39.4 Å². The minimum Gasteiger partial charge on any atom is -0.335 e. The van der Waals surface area contributed by atoms with Crippen molar-refractivity contribution < 1.29 is 9.80 Å². The average Bonchev–Trinajstić information content (AvgIpc) is 2.62. The summed E-state index contributed by atoms with van der Waals surface area (Å²) in [6.45, 7) is 18.0. The Morgan fingerprint density at radius 1 is 0.682 bits per heavy atom. The lowest BCUT2D eigenvalue weighted by molar-refractivity contribution is -0.914. The predicted molar refractivity (Wildman–Crippen MR) is 91.9 cm³/mol. The Hall–Kier alpha value is -0.240. The first-order valence-corrected chi connectivity index (χ1v) is 9.21. The summed E-state index contributed by atoms with van der Waals surface area (Å²) >= 11 is 0. The normalized spacial score (nSPS) is 32.5. The minimum atomic E-state index is 1.14. The van der Waals surface area contributed by atoms with Crippen LogP contribution in [-0.4, -0.2) is 116 Å². The summed E-state index contributed by atoms with van der Waals surface area (Å²) in [5, 5.41) is 6.44. The molecule has 5 heterocycles. The van der Waals surface area contributed by atoms with Gasteiger partial charge in [-0.15, -0.1) is 0 Å². The van der Waals surface area contributed by atoms with Crippen LogP contribution in [0.2, 0.25) is 0 Å². The van der Waals surface area contributed by atoms with Gasteiger partial charge in [-0.3, -0.25) is 9.80 Å². The molecule has 0 aromatic carbocycles. The fourth-order valence-corrected chi connectivity index (χ4v) is 3.26. The summed E-state index contributed by atoms with van der Waals surface area (Å²) in [6.07, 6.45) is 0. The summed E-state index contributed by atoms with van der Waals surface area (Å²) in [7, 11) is 4.44. The van der Waals surface area contributed by atoms with Crippen molar-refractivity contribution in [3.8, 4) is 0 Å². The van der Waals surface area contributed by atoms with Gasteiger partial charge in [-0.1, -0.05) is 0 Å². The van der Waals surface area contributed by atoms with Crippen LogP contribution in [-0.2, 0) is 0 Å². The van der Waals surface area contributed by atoms with E-state index in [0.717, 1.165) is 26.2 Å². The third kappa shape index (κ3) is 7.35. The van der Waals surface area contributed by atoms with Crippen molar-refractivity contribution in [2.75, 3.05) is 106 Å². The Morgan fingerprint density at radius 3 is 1.36 bits per heavy atom. The molecule has 5 rings (SSSR count). The Morgan fingerprint density at radius 2 is 1.14 bits per heavy atom. The first-order chi connectivity index (χ1) is 10.7. The van der Waals surface area contributed by atoms with E-state index in [4.69, 9.17) is 0 Å². The highest BCUT2D eigenvalue weighted by Crippen LogP contribution is 1.91. The van der Waals surface area contributed by atoms with Crippen LogP contribution < -0.4 is 20.4 Å². The lowest BCUT2D eigenvalue weighted by atomic mass is 10.2. The van der Waals surface area contributed by atoms with E-state index < -0.39 is 0 Å². The van der Waals surface area contributed by atoms with Gasteiger partial charge in [0.1, 0.15) is 0 Å². The van der Waals surface area contributed by atoms with Gasteiger partial charge >= 0.3 is 0 Å². The molecule has 0 aromatic rings. The summed E-state index contributed by atoms with van der Waals surface area (Å²) < 4.78 is 0. The molecule has 4 N–H and O–H groups in total. The van der Waals surface area contributed by atoms with Crippen LogP contribution in [0.1, 0.15) is 0 Å². The molecule has 0 unspecified atom stereocenters. The van der Waals surface area contributed by atoms with E-state index in [1.807, 2.05) is 4.90 Å².